The fourth-order valence-electron chi connectivity index (χ4n) is 1.90. The van der Waals surface area contributed by atoms with E-state index in [1.54, 1.807) is 36.4 Å². The number of aromatic carboxylic acids is 1. The monoisotopic (exact) mass is 283 g/mol. The Morgan fingerprint density at radius 2 is 1.57 bits per heavy atom. The van der Waals surface area contributed by atoms with Crippen LogP contribution in [0.15, 0.2) is 48.5 Å². The van der Waals surface area contributed by atoms with Gasteiger partial charge >= 0.3 is 5.97 Å². The Morgan fingerprint density at radius 3 is 2.05 bits per heavy atom. The molecule has 1 N–H and O–H groups in total. The number of carbonyl (C=O) groups is 1. The number of nitrogens with zero attached hydrogens (tertiary/aromatic N) is 1. The number of allylic oxidation sites excluding steroid dienone is 1. The van der Waals surface area contributed by atoms with Crippen molar-refractivity contribution >= 4 is 23.3 Å². The summed E-state index contributed by atoms with van der Waals surface area (Å²) in [5.74, 6) is -0.960. The minimum Gasteiger partial charge on any atom is -0.478 e. The number of non-ortho nitro benzene ring substituents is 1. The lowest BCUT2D eigenvalue weighted by Gasteiger charge is -2.03. The zero-order chi connectivity index (χ0) is 15.4. The number of benzene rings is 2. The molecular formula is C16H13NO4. The van der Waals surface area contributed by atoms with Crippen molar-refractivity contribution in [3.63, 3.8) is 0 Å². The molecule has 0 fully saturated rings. The molecule has 0 spiro atoms. The van der Waals surface area contributed by atoms with Gasteiger partial charge in [0.05, 0.1) is 10.5 Å². The molecule has 0 atom stereocenters. The van der Waals surface area contributed by atoms with Crippen LogP contribution in [0, 0.1) is 10.1 Å². The number of nitro groups is 1. The maximum Gasteiger partial charge on any atom is 0.335 e. The molecule has 5 nitrogen and oxygen atoms in total. The molecule has 0 saturated carbocycles. The zero-order valence-electron chi connectivity index (χ0n) is 11.3. The third-order valence-electron chi connectivity index (χ3n) is 3.07. The fourth-order valence-corrected chi connectivity index (χ4v) is 1.90. The highest BCUT2D eigenvalue weighted by Gasteiger charge is 2.04. The van der Waals surface area contributed by atoms with Crippen LogP contribution in [0.4, 0.5) is 5.69 Å². The van der Waals surface area contributed by atoms with E-state index < -0.39 is 10.9 Å². The highest BCUT2D eigenvalue weighted by atomic mass is 16.6. The van der Waals surface area contributed by atoms with Gasteiger partial charge in [0, 0.05) is 12.1 Å². The Balaban J connectivity index is 2.23. The summed E-state index contributed by atoms with van der Waals surface area (Å²) in [6, 6.07) is 12.8. The van der Waals surface area contributed by atoms with Crippen molar-refractivity contribution in [1.29, 1.82) is 0 Å². The van der Waals surface area contributed by atoms with E-state index in [-0.39, 0.29) is 11.3 Å². The lowest BCUT2D eigenvalue weighted by molar-refractivity contribution is -0.384. The Hall–Kier alpha value is -2.95. The summed E-state index contributed by atoms with van der Waals surface area (Å²) < 4.78 is 0. The molecule has 0 aromatic heterocycles. The maximum absolute atomic E-state index is 10.8. The highest BCUT2D eigenvalue weighted by molar-refractivity contribution is 5.88. The first-order valence-corrected chi connectivity index (χ1v) is 6.24. The molecule has 0 aliphatic heterocycles. The Morgan fingerprint density at radius 1 is 1.05 bits per heavy atom. The van der Waals surface area contributed by atoms with Gasteiger partial charge in [0.2, 0.25) is 0 Å². The van der Waals surface area contributed by atoms with E-state index in [0.29, 0.717) is 0 Å². The minimum absolute atomic E-state index is 0.0515. The lowest BCUT2D eigenvalue weighted by Crippen LogP contribution is -1.95. The van der Waals surface area contributed by atoms with E-state index in [4.69, 9.17) is 5.11 Å². The summed E-state index contributed by atoms with van der Waals surface area (Å²) in [4.78, 5) is 20.9. The van der Waals surface area contributed by atoms with Crippen molar-refractivity contribution < 1.29 is 14.8 Å². The topological polar surface area (TPSA) is 80.4 Å². The van der Waals surface area contributed by atoms with Gasteiger partial charge in [0.1, 0.15) is 0 Å². The summed E-state index contributed by atoms with van der Waals surface area (Å²) in [7, 11) is 0. The van der Waals surface area contributed by atoms with Crippen LogP contribution in [0.1, 0.15) is 28.4 Å². The van der Waals surface area contributed by atoms with Gasteiger partial charge in [-0.2, -0.15) is 0 Å². The zero-order valence-corrected chi connectivity index (χ0v) is 11.3. The fraction of sp³-hybridized carbons (Fsp3) is 0.0625. The molecule has 2 aromatic rings. The normalized spacial score (nSPS) is 11.2. The van der Waals surface area contributed by atoms with E-state index in [1.165, 1.54) is 12.1 Å². The van der Waals surface area contributed by atoms with Crippen molar-refractivity contribution in [2.24, 2.45) is 0 Å². The molecule has 0 aliphatic rings. The van der Waals surface area contributed by atoms with Gasteiger partial charge in [-0.05, 0) is 47.9 Å². The Kier molecular flexibility index (Phi) is 4.13. The molecule has 21 heavy (non-hydrogen) atoms. The molecule has 106 valence electrons. The summed E-state index contributed by atoms with van der Waals surface area (Å²) in [6.45, 7) is 1.90. The minimum atomic E-state index is -0.960. The molecule has 0 aliphatic carbocycles. The van der Waals surface area contributed by atoms with Crippen LogP contribution < -0.4 is 0 Å². The predicted molar refractivity (Wildman–Crippen MR) is 80.0 cm³/mol. The second kappa shape index (κ2) is 6.00. The van der Waals surface area contributed by atoms with Crippen LogP contribution in [0.25, 0.3) is 11.6 Å². The van der Waals surface area contributed by atoms with Crippen LogP contribution in [0.2, 0.25) is 0 Å². The van der Waals surface area contributed by atoms with Gasteiger partial charge in [-0.15, -0.1) is 0 Å². The SMILES string of the molecule is CC(=Cc1ccc([N+](=O)[O-])cc1)c1ccc(C(=O)O)cc1. The van der Waals surface area contributed by atoms with E-state index in [1.807, 2.05) is 13.0 Å². The van der Waals surface area contributed by atoms with Crippen molar-refractivity contribution in [3.8, 4) is 0 Å². The quantitative estimate of drug-likeness (QED) is 0.525. The largest absolute Gasteiger partial charge is 0.478 e. The molecule has 0 bridgehead atoms. The van der Waals surface area contributed by atoms with Crippen LogP contribution in [0.5, 0.6) is 0 Å². The van der Waals surface area contributed by atoms with Crippen molar-refractivity contribution in [1.82, 2.24) is 0 Å². The van der Waals surface area contributed by atoms with Crippen molar-refractivity contribution in [2.75, 3.05) is 0 Å². The summed E-state index contributed by atoms with van der Waals surface area (Å²) in [6.07, 6.45) is 1.89. The van der Waals surface area contributed by atoms with Crippen molar-refractivity contribution in [3.05, 3.63) is 75.3 Å². The number of rotatable bonds is 4. The predicted octanol–water partition coefficient (Wildman–Crippen LogP) is 3.85. The second-order valence-corrected chi connectivity index (χ2v) is 4.56. The average Bonchev–Trinajstić information content (AvgIpc) is 2.47. The standard InChI is InChI=1S/C16H13NO4/c1-11(13-4-6-14(7-5-13)16(18)19)10-12-2-8-15(9-3-12)17(20)21/h2-10H,1H3,(H,18,19). The van der Waals surface area contributed by atoms with Gasteiger partial charge in [-0.1, -0.05) is 18.2 Å². The van der Waals surface area contributed by atoms with E-state index in [2.05, 4.69) is 0 Å². The van der Waals surface area contributed by atoms with Crippen LogP contribution in [0.3, 0.4) is 0 Å². The second-order valence-electron chi connectivity index (χ2n) is 4.56. The molecule has 0 unspecified atom stereocenters. The Labute approximate surface area is 121 Å². The molecule has 0 heterocycles. The van der Waals surface area contributed by atoms with Gasteiger partial charge in [0.25, 0.3) is 5.69 Å². The average molecular weight is 283 g/mol. The van der Waals surface area contributed by atoms with Gasteiger partial charge in [0.15, 0.2) is 0 Å². The van der Waals surface area contributed by atoms with E-state index >= 15 is 0 Å². The maximum atomic E-state index is 10.8. The van der Waals surface area contributed by atoms with Crippen molar-refractivity contribution in [2.45, 2.75) is 6.92 Å². The van der Waals surface area contributed by atoms with Crippen LogP contribution >= 0.6 is 0 Å². The summed E-state index contributed by atoms with van der Waals surface area (Å²) in [5, 5.41) is 19.4. The molecule has 0 amide bonds. The molecule has 0 saturated heterocycles. The molecule has 2 rings (SSSR count). The van der Waals surface area contributed by atoms with Crippen LogP contribution in [-0.2, 0) is 0 Å². The van der Waals surface area contributed by atoms with Gasteiger partial charge in [-0.25, -0.2) is 4.79 Å². The lowest BCUT2D eigenvalue weighted by atomic mass is 10.0. The smallest absolute Gasteiger partial charge is 0.335 e. The number of hydrogen-bond donors (Lipinski definition) is 1. The molecule has 0 radical (unpaired) electrons. The highest BCUT2D eigenvalue weighted by Crippen LogP contribution is 2.20. The summed E-state index contributed by atoms with van der Waals surface area (Å²) in [5.41, 5.74) is 2.98. The summed E-state index contributed by atoms with van der Waals surface area (Å²) >= 11 is 0. The third kappa shape index (κ3) is 3.54. The number of hydrogen-bond acceptors (Lipinski definition) is 3. The molecule has 5 heteroatoms. The number of carboxylic acids is 1. The number of nitro benzene ring substituents is 1. The molecule has 2 aromatic carbocycles. The van der Waals surface area contributed by atoms with Crippen LogP contribution in [-0.4, -0.2) is 16.0 Å². The van der Waals surface area contributed by atoms with E-state index in [9.17, 15) is 14.9 Å². The Bertz CT molecular complexity index is 700. The third-order valence-corrected chi connectivity index (χ3v) is 3.07. The number of carboxylic acid groups (broad SMARTS) is 1. The van der Waals surface area contributed by atoms with E-state index in [0.717, 1.165) is 16.7 Å². The van der Waals surface area contributed by atoms with Gasteiger partial charge < -0.3 is 5.11 Å². The molecular weight excluding hydrogens is 270 g/mol. The first-order valence-electron chi connectivity index (χ1n) is 6.24. The first-order chi connectivity index (χ1) is 9.97. The first kappa shape index (κ1) is 14.5. The van der Waals surface area contributed by atoms with Gasteiger partial charge in [-0.3, -0.25) is 10.1 Å².